The Morgan fingerprint density at radius 2 is 1.74 bits per heavy atom. The molecule has 3 aromatic rings. The van der Waals surface area contributed by atoms with Crippen LogP contribution in [-0.4, -0.2) is 11.8 Å². The van der Waals surface area contributed by atoms with Crippen molar-refractivity contribution >= 4 is 23.2 Å². The van der Waals surface area contributed by atoms with Gasteiger partial charge in [0.25, 0.3) is 11.8 Å². The quantitative estimate of drug-likeness (QED) is 0.735. The fourth-order valence-electron chi connectivity index (χ4n) is 2.84. The Hall–Kier alpha value is -3.67. The largest absolute Gasteiger partial charge is 0.474 e. The molecule has 4 rings (SSSR count). The van der Waals surface area contributed by atoms with Gasteiger partial charge in [-0.2, -0.15) is 0 Å². The van der Waals surface area contributed by atoms with Crippen molar-refractivity contribution in [2.24, 2.45) is 0 Å². The molecule has 3 aromatic carbocycles. The average molecular weight is 362 g/mol. The van der Waals surface area contributed by atoms with Crippen LogP contribution < -0.4 is 15.4 Å². The number of rotatable bonds is 3. The number of ether oxygens (including phenoxy) is 1. The number of carbonyl (C=O) groups excluding carboxylic acids is 2. The number of nitrogens with one attached hydrogen (secondary N) is 2. The Balaban J connectivity index is 1.53. The highest BCUT2D eigenvalue weighted by atomic mass is 19.1. The van der Waals surface area contributed by atoms with Crippen LogP contribution in [0.4, 0.5) is 15.8 Å². The lowest BCUT2D eigenvalue weighted by molar-refractivity contribution is -0.123. The SMILES string of the molecule is O=C(Nc1ccc2c(c1)NC(=O)C(c1ccccc1)O2)c1ccc(F)cc1. The van der Waals surface area contributed by atoms with E-state index in [4.69, 9.17) is 4.74 Å². The molecule has 27 heavy (non-hydrogen) atoms. The molecular weight excluding hydrogens is 347 g/mol. The van der Waals surface area contributed by atoms with Crippen LogP contribution in [0.15, 0.2) is 72.8 Å². The molecule has 0 saturated carbocycles. The minimum absolute atomic E-state index is 0.282. The number of carbonyl (C=O) groups is 2. The van der Waals surface area contributed by atoms with Crippen molar-refractivity contribution in [3.05, 3.63) is 89.7 Å². The molecule has 0 aromatic heterocycles. The normalized spacial score (nSPS) is 15.3. The second kappa shape index (κ2) is 6.92. The molecule has 0 radical (unpaired) electrons. The fraction of sp³-hybridized carbons (Fsp3) is 0.0476. The lowest BCUT2D eigenvalue weighted by atomic mass is 10.1. The summed E-state index contributed by atoms with van der Waals surface area (Å²) >= 11 is 0. The van der Waals surface area contributed by atoms with Gasteiger partial charge in [-0.3, -0.25) is 9.59 Å². The summed E-state index contributed by atoms with van der Waals surface area (Å²) in [7, 11) is 0. The van der Waals surface area contributed by atoms with Crippen molar-refractivity contribution < 1.29 is 18.7 Å². The Kier molecular flexibility index (Phi) is 4.30. The number of hydrogen-bond acceptors (Lipinski definition) is 3. The zero-order valence-electron chi connectivity index (χ0n) is 14.1. The van der Waals surface area contributed by atoms with Gasteiger partial charge in [0.05, 0.1) is 5.69 Å². The Morgan fingerprint density at radius 3 is 2.48 bits per heavy atom. The van der Waals surface area contributed by atoms with E-state index in [-0.39, 0.29) is 11.8 Å². The summed E-state index contributed by atoms with van der Waals surface area (Å²) in [5, 5.41) is 5.52. The topological polar surface area (TPSA) is 67.4 Å². The van der Waals surface area contributed by atoms with Gasteiger partial charge in [-0.1, -0.05) is 30.3 Å². The fourth-order valence-corrected chi connectivity index (χ4v) is 2.84. The zero-order chi connectivity index (χ0) is 18.8. The van der Waals surface area contributed by atoms with Crippen molar-refractivity contribution in [2.45, 2.75) is 6.10 Å². The first kappa shape index (κ1) is 16.8. The smallest absolute Gasteiger partial charge is 0.270 e. The third-order valence-corrected chi connectivity index (χ3v) is 4.19. The van der Waals surface area contributed by atoms with E-state index in [1.54, 1.807) is 18.2 Å². The predicted octanol–water partition coefficient (Wildman–Crippen LogP) is 4.15. The monoisotopic (exact) mass is 362 g/mol. The van der Waals surface area contributed by atoms with Gasteiger partial charge in [0.15, 0.2) is 0 Å². The van der Waals surface area contributed by atoms with Crippen LogP contribution >= 0.6 is 0 Å². The summed E-state index contributed by atoms with van der Waals surface area (Å²) in [4.78, 5) is 24.6. The number of halogens is 1. The van der Waals surface area contributed by atoms with Crippen molar-refractivity contribution in [1.29, 1.82) is 0 Å². The summed E-state index contributed by atoms with van der Waals surface area (Å²) in [5.41, 5.74) is 2.06. The number of hydrogen-bond donors (Lipinski definition) is 2. The molecule has 1 unspecified atom stereocenters. The standard InChI is InChI=1S/C21H15FN2O3/c22-15-8-6-14(7-9-15)20(25)23-16-10-11-18-17(12-16)24-21(26)19(27-18)13-4-2-1-3-5-13/h1-12,19H,(H,23,25)(H,24,26). The van der Waals surface area contributed by atoms with Crippen molar-refractivity contribution in [2.75, 3.05) is 10.6 Å². The third-order valence-electron chi connectivity index (χ3n) is 4.19. The first-order chi connectivity index (χ1) is 13.1. The minimum atomic E-state index is -0.724. The number of amides is 2. The van der Waals surface area contributed by atoms with Gasteiger partial charge in [0, 0.05) is 16.8 Å². The van der Waals surface area contributed by atoms with E-state index in [1.165, 1.54) is 24.3 Å². The van der Waals surface area contributed by atoms with Crippen LogP contribution in [0.5, 0.6) is 5.75 Å². The molecule has 6 heteroatoms. The summed E-state index contributed by atoms with van der Waals surface area (Å²) in [6, 6.07) is 19.4. The van der Waals surface area contributed by atoms with Gasteiger partial charge >= 0.3 is 0 Å². The lowest BCUT2D eigenvalue weighted by Crippen LogP contribution is -2.30. The summed E-state index contributed by atoms with van der Waals surface area (Å²) in [5.74, 6) is -0.549. The minimum Gasteiger partial charge on any atom is -0.474 e. The molecular formula is C21H15FN2O3. The average Bonchev–Trinajstić information content (AvgIpc) is 2.68. The van der Waals surface area contributed by atoms with Gasteiger partial charge in [-0.05, 0) is 42.5 Å². The maximum Gasteiger partial charge on any atom is 0.270 e. The summed E-state index contributed by atoms with van der Waals surface area (Å²) in [6.07, 6.45) is -0.724. The molecule has 1 atom stereocenters. The molecule has 0 saturated heterocycles. The molecule has 0 spiro atoms. The van der Waals surface area contributed by atoms with Crippen molar-refractivity contribution in [3.63, 3.8) is 0 Å². The first-order valence-corrected chi connectivity index (χ1v) is 8.33. The maximum atomic E-state index is 13.0. The predicted molar refractivity (Wildman–Crippen MR) is 99.2 cm³/mol. The van der Waals surface area contributed by atoms with Crippen LogP contribution in [0.2, 0.25) is 0 Å². The molecule has 2 amide bonds. The Morgan fingerprint density at radius 1 is 1.00 bits per heavy atom. The number of fused-ring (bicyclic) bond motifs is 1. The number of benzene rings is 3. The number of anilines is 2. The maximum absolute atomic E-state index is 13.0. The molecule has 1 aliphatic heterocycles. The third kappa shape index (κ3) is 3.50. The van der Waals surface area contributed by atoms with E-state index in [1.807, 2.05) is 30.3 Å². The van der Waals surface area contributed by atoms with Crippen LogP contribution in [0.3, 0.4) is 0 Å². The molecule has 2 N–H and O–H groups in total. The molecule has 0 aliphatic carbocycles. The molecule has 134 valence electrons. The van der Waals surface area contributed by atoms with E-state index < -0.39 is 11.9 Å². The highest BCUT2D eigenvalue weighted by molar-refractivity contribution is 6.05. The molecule has 1 aliphatic rings. The van der Waals surface area contributed by atoms with Gasteiger partial charge in [0.2, 0.25) is 6.10 Å². The van der Waals surface area contributed by atoms with Gasteiger partial charge in [0.1, 0.15) is 11.6 Å². The molecule has 0 fully saturated rings. The zero-order valence-corrected chi connectivity index (χ0v) is 14.1. The molecule has 5 nitrogen and oxygen atoms in total. The molecule has 0 bridgehead atoms. The van der Waals surface area contributed by atoms with E-state index >= 15 is 0 Å². The highest BCUT2D eigenvalue weighted by Crippen LogP contribution is 2.36. The second-order valence-corrected chi connectivity index (χ2v) is 6.07. The second-order valence-electron chi connectivity index (χ2n) is 6.07. The lowest BCUT2D eigenvalue weighted by Gasteiger charge is -2.26. The van der Waals surface area contributed by atoms with Crippen LogP contribution in [0.1, 0.15) is 22.0 Å². The van der Waals surface area contributed by atoms with Crippen LogP contribution in [0.25, 0.3) is 0 Å². The Labute approximate surface area is 154 Å². The van der Waals surface area contributed by atoms with Crippen molar-refractivity contribution in [1.82, 2.24) is 0 Å². The highest BCUT2D eigenvalue weighted by Gasteiger charge is 2.29. The van der Waals surface area contributed by atoms with Gasteiger partial charge in [-0.25, -0.2) is 4.39 Å². The van der Waals surface area contributed by atoms with Gasteiger partial charge in [-0.15, -0.1) is 0 Å². The first-order valence-electron chi connectivity index (χ1n) is 8.33. The van der Waals surface area contributed by atoms with E-state index in [0.717, 1.165) is 5.56 Å². The van der Waals surface area contributed by atoms with E-state index in [9.17, 15) is 14.0 Å². The Bertz CT molecular complexity index is 1000. The van der Waals surface area contributed by atoms with Crippen LogP contribution in [-0.2, 0) is 4.79 Å². The van der Waals surface area contributed by atoms with Gasteiger partial charge < -0.3 is 15.4 Å². The van der Waals surface area contributed by atoms with Crippen molar-refractivity contribution in [3.8, 4) is 5.75 Å². The van der Waals surface area contributed by atoms with Crippen LogP contribution in [0, 0.1) is 5.82 Å². The van der Waals surface area contributed by atoms with E-state index in [0.29, 0.717) is 22.7 Å². The van der Waals surface area contributed by atoms with E-state index in [2.05, 4.69) is 10.6 Å². The summed E-state index contributed by atoms with van der Waals surface area (Å²) in [6.45, 7) is 0. The summed E-state index contributed by atoms with van der Waals surface area (Å²) < 4.78 is 18.8. The molecule has 1 heterocycles.